The van der Waals surface area contributed by atoms with Crippen LogP contribution in [0.2, 0.25) is 0 Å². The zero-order valence-corrected chi connectivity index (χ0v) is 9.77. The van der Waals surface area contributed by atoms with Crippen LogP contribution in [-0.4, -0.2) is 31.0 Å². The summed E-state index contributed by atoms with van der Waals surface area (Å²) < 4.78 is 5.10. The minimum absolute atomic E-state index is 0.107. The van der Waals surface area contributed by atoms with Gasteiger partial charge in [0.05, 0.1) is 6.61 Å². The molecule has 1 amide bonds. The molecule has 3 heteroatoms. The van der Waals surface area contributed by atoms with Gasteiger partial charge < -0.3 is 9.64 Å². The van der Waals surface area contributed by atoms with Crippen molar-refractivity contribution in [3.8, 4) is 0 Å². The van der Waals surface area contributed by atoms with Crippen molar-refractivity contribution in [1.82, 2.24) is 4.90 Å². The SMILES string of the molecule is COCc1ccccc1C(=O)N(C)C1CC1. The highest BCUT2D eigenvalue weighted by atomic mass is 16.5. The van der Waals surface area contributed by atoms with Gasteiger partial charge in [-0.05, 0) is 24.5 Å². The third-order valence-corrected chi connectivity index (χ3v) is 2.96. The Morgan fingerprint density at radius 2 is 2.12 bits per heavy atom. The summed E-state index contributed by atoms with van der Waals surface area (Å²) in [6, 6.07) is 8.09. The molecule has 0 atom stereocenters. The molecule has 0 aromatic heterocycles. The van der Waals surface area contributed by atoms with Crippen LogP contribution in [-0.2, 0) is 11.3 Å². The number of carbonyl (C=O) groups is 1. The normalized spacial score (nSPS) is 14.9. The third kappa shape index (κ3) is 2.25. The average Bonchev–Trinajstić information content (AvgIpc) is 3.12. The van der Waals surface area contributed by atoms with Gasteiger partial charge >= 0.3 is 0 Å². The van der Waals surface area contributed by atoms with Crippen molar-refractivity contribution in [2.45, 2.75) is 25.5 Å². The number of amides is 1. The molecule has 0 radical (unpaired) electrons. The molecule has 1 aromatic rings. The van der Waals surface area contributed by atoms with E-state index in [1.807, 2.05) is 36.2 Å². The first kappa shape index (κ1) is 11.1. The summed E-state index contributed by atoms with van der Waals surface area (Å²) in [7, 11) is 3.52. The summed E-state index contributed by atoms with van der Waals surface area (Å²) in [4.78, 5) is 14.0. The Morgan fingerprint density at radius 3 is 2.75 bits per heavy atom. The number of methoxy groups -OCH3 is 1. The molecule has 0 unspecified atom stereocenters. The van der Waals surface area contributed by atoms with E-state index in [0.717, 1.165) is 24.0 Å². The van der Waals surface area contributed by atoms with Crippen LogP contribution in [0.1, 0.15) is 28.8 Å². The monoisotopic (exact) mass is 219 g/mol. The summed E-state index contributed by atoms with van der Waals surface area (Å²) >= 11 is 0. The predicted octanol–water partition coefficient (Wildman–Crippen LogP) is 2.07. The van der Waals surface area contributed by atoms with Gasteiger partial charge in [-0.3, -0.25) is 4.79 Å². The fraction of sp³-hybridized carbons (Fsp3) is 0.462. The smallest absolute Gasteiger partial charge is 0.254 e. The predicted molar refractivity (Wildman–Crippen MR) is 62.3 cm³/mol. The summed E-state index contributed by atoms with van der Waals surface area (Å²) in [5.74, 6) is 0.107. The molecule has 1 saturated carbocycles. The van der Waals surface area contributed by atoms with Gasteiger partial charge in [-0.15, -0.1) is 0 Å². The molecule has 86 valence electrons. The first-order chi connectivity index (χ1) is 7.74. The van der Waals surface area contributed by atoms with E-state index in [0.29, 0.717) is 12.6 Å². The molecule has 0 spiro atoms. The number of rotatable bonds is 4. The molecule has 1 fully saturated rings. The standard InChI is InChI=1S/C13H17NO2/c1-14(11-7-8-11)13(15)12-6-4-3-5-10(12)9-16-2/h3-6,11H,7-9H2,1-2H3. The van der Waals surface area contributed by atoms with E-state index in [-0.39, 0.29) is 5.91 Å². The van der Waals surface area contributed by atoms with Crippen LogP contribution in [0.25, 0.3) is 0 Å². The summed E-state index contributed by atoms with van der Waals surface area (Å²) in [5.41, 5.74) is 1.72. The maximum Gasteiger partial charge on any atom is 0.254 e. The van der Waals surface area contributed by atoms with Crippen molar-refractivity contribution < 1.29 is 9.53 Å². The van der Waals surface area contributed by atoms with E-state index in [2.05, 4.69) is 0 Å². The first-order valence-electron chi connectivity index (χ1n) is 5.58. The van der Waals surface area contributed by atoms with Gasteiger partial charge in [0, 0.05) is 25.8 Å². The number of carbonyl (C=O) groups excluding carboxylic acids is 1. The van der Waals surface area contributed by atoms with E-state index in [1.54, 1.807) is 7.11 Å². The maximum atomic E-state index is 12.2. The second-order valence-electron chi connectivity index (χ2n) is 4.24. The van der Waals surface area contributed by atoms with Crippen LogP contribution in [0.5, 0.6) is 0 Å². The topological polar surface area (TPSA) is 29.5 Å². The van der Waals surface area contributed by atoms with Gasteiger partial charge in [-0.25, -0.2) is 0 Å². The van der Waals surface area contributed by atoms with Crippen molar-refractivity contribution in [1.29, 1.82) is 0 Å². The van der Waals surface area contributed by atoms with Gasteiger partial charge in [0.2, 0.25) is 0 Å². The number of benzene rings is 1. The molecule has 0 saturated heterocycles. The van der Waals surface area contributed by atoms with E-state index in [9.17, 15) is 4.79 Å². The average molecular weight is 219 g/mol. The van der Waals surface area contributed by atoms with E-state index in [4.69, 9.17) is 4.74 Å². The highest BCUT2D eigenvalue weighted by Gasteiger charge is 2.30. The lowest BCUT2D eigenvalue weighted by Crippen LogP contribution is -2.29. The molecule has 2 rings (SSSR count). The Morgan fingerprint density at radius 1 is 1.44 bits per heavy atom. The zero-order valence-electron chi connectivity index (χ0n) is 9.77. The van der Waals surface area contributed by atoms with Crippen LogP contribution in [0, 0.1) is 0 Å². The fourth-order valence-electron chi connectivity index (χ4n) is 1.83. The Balaban J connectivity index is 2.20. The number of hydrogen-bond acceptors (Lipinski definition) is 2. The molecule has 0 N–H and O–H groups in total. The van der Waals surface area contributed by atoms with Crippen molar-refractivity contribution in [3.05, 3.63) is 35.4 Å². The minimum Gasteiger partial charge on any atom is -0.380 e. The van der Waals surface area contributed by atoms with E-state index < -0.39 is 0 Å². The summed E-state index contributed by atoms with van der Waals surface area (Å²) in [5, 5.41) is 0. The second kappa shape index (κ2) is 4.66. The van der Waals surface area contributed by atoms with Gasteiger partial charge in [0.25, 0.3) is 5.91 Å². The highest BCUT2D eigenvalue weighted by Crippen LogP contribution is 2.27. The van der Waals surface area contributed by atoms with Gasteiger partial charge in [-0.2, -0.15) is 0 Å². The van der Waals surface area contributed by atoms with Crippen LogP contribution in [0.15, 0.2) is 24.3 Å². The first-order valence-corrected chi connectivity index (χ1v) is 5.58. The van der Waals surface area contributed by atoms with Gasteiger partial charge in [0.15, 0.2) is 0 Å². The molecular weight excluding hydrogens is 202 g/mol. The zero-order chi connectivity index (χ0) is 11.5. The van der Waals surface area contributed by atoms with Gasteiger partial charge in [-0.1, -0.05) is 18.2 Å². The Bertz CT molecular complexity index is 385. The van der Waals surface area contributed by atoms with Crippen LogP contribution >= 0.6 is 0 Å². The Kier molecular flexibility index (Phi) is 3.25. The molecule has 1 aliphatic carbocycles. The minimum atomic E-state index is 0.107. The number of nitrogens with zero attached hydrogens (tertiary/aromatic N) is 1. The number of hydrogen-bond donors (Lipinski definition) is 0. The van der Waals surface area contributed by atoms with Crippen molar-refractivity contribution in [2.24, 2.45) is 0 Å². The molecule has 0 heterocycles. The van der Waals surface area contributed by atoms with E-state index >= 15 is 0 Å². The van der Waals surface area contributed by atoms with Crippen LogP contribution in [0.3, 0.4) is 0 Å². The third-order valence-electron chi connectivity index (χ3n) is 2.96. The quantitative estimate of drug-likeness (QED) is 0.775. The lowest BCUT2D eigenvalue weighted by atomic mass is 10.1. The van der Waals surface area contributed by atoms with E-state index in [1.165, 1.54) is 0 Å². The molecule has 3 nitrogen and oxygen atoms in total. The summed E-state index contributed by atoms with van der Waals surface area (Å²) in [6.45, 7) is 0.487. The Hall–Kier alpha value is -1.35. The van der Waals surface area contributed by atoms with Crippen LogP contribution in [0.4, 0.5) is 0 Å². The van der Waals surface area contributed by atoms with Gasteiger partial charge in [0.1, 0.15) is 0 Å². The van der Waals surface area contributed by atoms with Crippen LogP contribution < -0.4 is 0 Å². The van der Waals surface area contributed by atoms with Crippen molar-refractivity contribution in [2.75, 3.05) is 14.2 Å². The molecule has 0 bridgehead atoms. The molecular formula is C13H17NO2. The molecule has 1 aromatic carbocycles. The Labute approximate surface area is 96.0 Å². The summed E-state index contributed by atoms with van der Waals surface area (Å²) in [6.07, 6.45) is 2.27. The molecule has 0 aliphatic heterocycles. The lowest BCUT2D eigenvalue weighted by molar-refractivity contribution is 0.0780. The lowest BCUT2D eigenvalue weighted by Gasteiger charge is -2.18. The van der Waals surface area contributed by atoms with Crippen molar-refractivity contribution >= 4 is 5.91 Å². The maximum absolute atomic E-state index is 12.2. The second-order valence-corrected chi connectivity index (χ2v) is 4.24. The highest BCUT2D eigenvalue weighted by molar-refractivity contribution is 5.95. The largest absolute Gasteiger partial charge is 0.380 e. The fourth-order valence-corrected chi connectivity index (χ4v) is 1.83. The molecule has 16 heavy (non-hydrogen) atoms. The molecule has 1 aliphatic rings. The van der Waals surface area contributed by atoms with Crippen molar-refractivity contribution in [3.63, 3.8) is 0 Å². The number of ether oxygens (including phenoxy) is 1.